The Morgan fingerprint density at radius 2 is 2.00 bits per heavy atom. The summed E-state index contributed by atoms with van der Waals surface area (Å²) in [5, 5.41) is 0. The fraction of sp³-hybridized carbons (Fsp3) is 0.375. The molecular weight excluding hydrogens is 192 g/mol. The highest BCUT2D eigenvalue weighted by atomic mass is 14.3. The quantitative estimate of drug-likeness (QED) is 0.604. The zero-order valence-electron chi connectivity index (χ0n) is 9.71. The van der Waals surface area contributed by atoms with Crippen LogP contribution in [0.3, 0.4) is 0 Å². The number of rotatable bonds is 1. The van der Waals surface area contributed by atoms with Crippen molar-refractivity contribution in [2.45, 2.75) is 32.1 Å². The van der Waals surface area contributed by atoms with Gasteiger partial charge in [0.1, 0.15) is 0 Å². The van der Waals surface area contributed by atoms with Crippen LogP contribution in [-0.2, 0) is 6.42 Å². The Labute approximate surface area is 97.7 Å². The van der Waals surface area contributed by atoms with Crippen LogP contribution in [0.2, 0.25) is 0 Å². The lowest BCUT2D eigenvalue weighted by atomic mass is 9.94. The van der Waals surface area contributed by atoms with Crippen LogP contribution in [-0.4, -0.2) is 0 Å². The number of allylic oxidation sites excluding steroid dienone is 3. The molecule has 1 aromatic rings. The normalized spacial score (nSPS) is 28.1. The molecule has 1 aromatic carbocycles. The highest BCUT2D eigenvalue weighted by Gasteiger charge is 2.25. The van der Waals surface area contributed by atoms with Gasteiger partial charge in [0.25, 0.3) is 0 Å². The van der Waals surface area contributed by atoms with Gasteiger partial charge in [0.05, 0.1) is 0 Å². The van der Waals surface area contributed by atoms with Crippen molar-refractivity contribution in [1.82, 2.24) is 0 Å². The van der Waals surface area contributed by atoms with Gasteiger partial charge >= 0.3 is 0 Å². The molecule has 16 heavy (non-hydrogen) atoms. The first-order valence-corrected chi connectivity index (χ1v) is 6.33. The van der Waals surface area contributed by atoms with Gasteiger partial charge in [-0.05, 0) is 54.7 Å². The third kappa shape index (κ3) is 1.44. The maximum absolute atomic E-state index is 3.99. The molecule has 0 nitrogen and oxygen atoms in total. The first-order valence-electron chi connectivity index (χ1n) is 6.33. The second-order valence-corrected chi connectivity index (χ2v) is 4.90. The second kappa shape index (κ2) is 3.93. The second-order valence-electron chi connectivity index (χ2n) is 4.90. The van der Waals surface area contributed by atoms with Crippen LogP contribution in [0.25, 0.3) is 5.57 Å². The van der Waals surface area contributed by atoms with E-state index >= 15 is 0 Å². The molecule has 0 N–H and O–H groups in total. The number of aryl methyl sites for hydroxylation is 1. The summed E-state index contributed by atoms with van der Waals surface area (Å²) in [7, 11) is 0. The van der Waals surface area contributed by atoms with Crippen molar-refractivity contribution in [3.05, 3.63) is 53.6 Å². The maximum Gasteiger partial charge on any atom is -0.00198 e. The molecule has 0 amide bonds. The van der Waals surface area contributed by atoms with Gasteiger partial charge in [-0.25, -0.2) is 0 Å². The Kier molecular flexibility index (Phi) is 2.43. The van der Waals surface area contributed by atoms with Gasteiger partial charge < -0.3 is 0 Å². The fourth-order valence-corrected chi connectivity index (χ4v) is 3.27. The van der Waals surface area contributed by atoms with Gasteiger partial charge in [-0.2, -0.15) is 0 Å². The van der Waals surface area contributed by atoms with Gasteiger partial charge in [-0.3, -0.25) is 0 Å². The Bertz CT molecular complexity index is 451. The monoisotopic (exact) mass is 210 g/mol. The number of hydrogen-bond acceptors (Lipinski definition) is 0. The summed E-state index contributed by atoms with van der Waals surface area (Å²) >= 11 is 0. The van der Waals surface area contributed by atoms with Gasteiger partial charge in [-0.15, -0.1) is 6.58 Å². The SMILES string of the molecule is C=CC1CCC/C1=C1\CCc2ccccc21. The van der Waals surface area contributed by atoms with Crippen LogP contribution in [0, 0.1) is 5.92 Å². The molecule has 0 heterocycles. The van der Waals surface area contributed by atoms with Crippen LogP contribution in [0.5, 0.6) is 0 Å². The first kappa shape index (κ1) is 9.89. The molecule has 82 valence electrons. The molecule has 3 rings (SSSR count). The Balaban J connectivity index is 2.09. The van der Waals surface area contributed by atoms with E-state index < -0.39 is 0 Å². The molecule has 0 spiro atoms. The zero-order valence-corrected chi connectivity index (χ0v) is 9.71. The third-order valence-corrected chi connectivity index (χ3v) is 4.07. The third-order valence-electron chi connectivity index (χ3n) is 4.07. The molecule has 0 aromatic heterocycles. The zero-order chi connectivity index (χ0) is 11.0. The predicted molar refractivity (Wildman–Crippen MR) is 69.2 cm³/mol. The lowest BCUT2D eigenvalue weighted by molar-refractivity contribution is 0.767. The number of fused-ring (bicyclic) bond motifs is 1. The molecular formula is C16H18. The summed E-state index contributed by atoms with van der Waals surface area (Å²) in [4.78, 5) is 0. The Hall–Kier alpha value is -1.30. The number of benzene rings is 1. The van der Waals surface area contributed by atoms with Crippen LogP contribution in [0.4, 0.5) is 0 Å². The molecule has 1 atom stereocenters. The average molecular weight is 210 g/mol. The average Bonchev–Trinajstić information content (AvgIpc) is 2.94. The van der Waals surface area contributed by atoms with E-state index in [1.807, 2.05) is 0 Å². The Morgan fingerprint density at radius 1 is 1.12 bits per heavy atom. The molecule has 2 aliphatic rings. The van der Waals surface area contributed by atoms with Crippen molar-refractivity contribution >= 4 is 5.57 Å². The molecule has 0 heteroatoms. The molecule has 0 radical (unpaired) electrons. The predicted octanol–water partition coefficient (Wildman–Crippen LogP) is 4.37. The molecule has 1 unspecified atom stereocenters. The lowest BCUT2D eigenvalue weighted by Gasteiger charge is -2.11. The summed E-state index contributed by atoms with van der Waals surface area (Å²) in [5.74, 6) is 0.654. The van der Waals surface area contributed by atoms with Crippen LogP contribution in [0.15, 0.2) is 42.5 Å². The van der Waals surface area contributed by atoms with E-state index in [0.717, 1.165) is 0 Å². The van der Waals surface area contributed by atoms with Crippen LogP contribution in [0.1, 0.15) is 36.8 Å². The van der Waals surface area contributed by atoms with E-state index in [4.69, 9.17) is 0 Å². The summed E-state index contributed by atoms with van der Waals surface area (Å²) < 4.78 is 0. The largest absolute Gasteiger partial charge is 0.102 e. The molecule has 2 aliphatic carbocycles. The summed E-state index contributed by atoms with van der Waals surface area (Å²) in [6.07, 6.45) is 8.58. The van der Waals surface area contributed by atoms with E-state index in [0.29, 0.717) is 5.92 Å². The number of hydrogen-bond donors (Lipinski definition) is 0. The standard InChI is InChI=1S/C16H18/c1-2-12-7-5-9-14(12)16-11-10-13-6-3-4-8-15(13)16/h2-4,6,8,12H,1,5,7,9-11H2/b16-14-. The molecule has 0 aliphatic heterocycles. The van der Waals surface area contributed by atoms with Crippen LogP contribution < -0.4 is 0 Å². The molecule has 1 fully saturated rings. The lowest BCUT2D eigenvalue weighted by Crippen LogP contribution is -1.94. The van der Waals surface area contributed by atoms with Crippen molar-refractivity contribution in [3.63, 3.8) is 0 Å². The minimum Gasteiger partial charge on any atom is -0.102 e. The van der Waals surface area contributed by atoms with Gasteiger partial charge in [0, 0.05) is 0 Å². The van der Waals surface area contributed by atoms with E-state index in [2.05, 4.69) is 36.9 Å². The first-order chi connectivity index (χ1) is 7.90. The molecule has 0 bridgehead atoms. The fourth-order valence-electron chi connectivity index (χ4n) is 3.27. The Morgan fingerprint density at radius 3 is 2.88 bits per heavy atom. The summed E-state index contributed by atoms with van der Waals surface area (Å²) in [6, 6.07) is 8.90. The van der Waals surface area contributed by atoms with Crippen molar-refractivity contribution in [2.24, 2.45) is 5.92 Å². The molecule has 0 saturated heterocycles. The van der Waals surface area contributed by atoms with E-state index in [9.17, 15) is 0 Å². The van der Waals surface area contributed by atoms with E-state index in [1.54, 1.807) is 16.7 Å². The minimum absolute atomic E-state index is 0.654. The highest BCUT2D eigenvalue weighted by molar-refractivity contribution is 5.75. The maximum atomic E-state index is 3.99. The van der Waals surface area contributed by atoms with E-state index in [1.165, 1.54) is 37.7 Å². The smallest absolute Gasteiger partial charge is 0.00198 e. The van der Waals surface area contributed by atoms with Crippen molar-refractivity contribution in [3.8, 4) is 0 Å². The summed E-state index contributed by atoms with van der Waals surface area (Å²) in [5.41, 5.74) is 6.38. The van der Waals surface area contributed by atoms with Crippen molar-refractivity contribution in [1.29, 1.82) is 0 Å². The van der Waals surface area contributed by atoms with Gasteiger partial charge in [0.2, 0.25) is 0 Å². The minimum atomic E-state index is 0.654. The van der Waals surface area contributed by atoms with Gasteiger partial charge in [-0.1, -0.05) is 35.9 Å². The summed E-state index contributed by atoms with van der Waals surface area (Å²) in [6.45, 7) is 3.99. The van der Waals surface area contributed by atoms with Crippen molar-refractivity contribution in [2.75, 3.05) is 0 Å². The van der Waals surface area contributed by atoms with Crippen molar-refractivity contribution < 1.29 is 0 Å². The van der Waals surface area contributed by atoms with Gasteiger partial charge in [0.15, 0.2) is 0 Å². The van der Waals surface area contributed by atoms with E-state index in [-0.39, 0.29) is 0 Å². The highest BCUT2D eigenvalue weighted by Crippen LogP contribution is 2.42. The molecule has 1 saturated carbocycles. The van der Waals surface area contributed by atoms with Crippen LogP contribution >= 0.6 is 0 Å². The topological polar surface area (TPSA) is 0 Å².